The summed E-state index contributed by atoms with van der Waals surface area (Å²) < 4.78 is 5.42. The van der Waals surface area contributed by atoms with Gasteiger partial charge in [0.1, 0.15) is 6.54 Å². The molecule has 0 aliphatic heterocycles. The number of Topliss-reactive ketones (excluding diaryl/α,β-unsaturated/α-hetero) is 1. The predicted molar refractivity (Wildman–Crippen MR) is 108 cm³/mol. The van der Waals surface area contributed by atoms with Crippen molar-refractivity contribution < 1.29 is 19.1 Å². The maximum absolute atomic E-state index is 12.9. The second kappa shape index (κ2) is 9.30. The number of hydrogen-bond acceptors (Lipinski definition) is 5. The summed E-state index contributed by atoms with van der Waals surface area (Å²) in [6, 6.07) is 18.5. The maximum atomic E-state index is 12.9. The number of carbonyl (C=O) groups excluding carboxylic acids is 3. The van der Waals surface area contributed by atoms with E-state index >= 15 is 0 Å². The molecule has 0 bridgehead atoms. The highest BCUT2D eigenvalue weighted by Crippen LogP contribution is 2.24. The lowest BCUT2D eigenvalue weighted by molar-refractivity contribution is -0.146. The van der Waals surface area contributed by atoms with Crippen molar-refractivity contribution in [3.63, 3.8) is 0 Å². The van der Waals surface area contributed by atoms with Gasteiger partial charge in [0.2, 0.25) is 5.78 Å². The first kappa shape index (κ1) is 19.8. The fourth-order valence-corrected chi connectivity index (χ4v) is 3.25. The van der Waals surface area contributed by atoms with Gasteiger partial charge in [-0.15, -0.1) is 11.3 Å². The fourth-order valence-electron chi connectivity index (χ4n) is 2.48. The van der Waals surface area contributed by atoms with Crippen molar-refractivity contribution >= 4 is 40.6 Å². The summed E-state index contributed by atoms with van der Waals surface area (Å²) in [7, 11) is 0. The van der Waals surface area contributed by atoms with E-state index in [4.69, 9.17) is 16.3 Å². The van der Waals surface area contributed by atoms with E-state index < -0.39 is 12.1 Å². The van der Waals surface area contributed by atoms with Crippen LogP contribution in [0.25, 0.3) is 0 Å². The Morgan fingerprint density at radius 3 is 2.32 bits per heavy atom. The smallest absolute Gasteiger partial charge is 0.326 e. The van der Waals surface area contributed by atoms with Crippen LogP contribution in [0.15, 0.2) is 72.1 Å². The second-order valence-corrected chi connectivity index (χ2v) is 7.20. The summed E-state index contributed by atoms with van der Waals surface area (Å²) in [5.74, 6) is -1.45. The molecule has 3 rings (SSSR count). The number of ether oxygens (including phenoxy) is 1. The van der Waals surface area contributed by atoms with E-state index in [0.717, 1.165) is 0 Å². The minimum atomic E-state index is -1.13. The van der Waals surface area contributed by atoms with Crippen molar-refractivity contribution in [1.82, 2.24) is 5.32 Å². The molecule has 1 amide bonds. The molecule has 1 atom stereocenters. The Labute approximate surface area is 170 Å². The highest BCUT2D eigenvalue weighted by atomic mass is 35.5. The van der Waals surface area contributed by atoms with Gasteiger partial charge in [0.05, 0.1) is 4.88 Å². The normalized spacial score (nSPS) is 11.5. The summed E-state index contributed by atoms with van der Waals surface area (Å²) in [6.45, 7) is -0.344. The Morgan fingerprint density at radius 1 is 0.964 bits per heavy atom. The molecule has 0 saturated carbocycles. The lowest BCUT2D eigenvalue weighted by atomic mass is 10.00. The van der Waals surface area contributed by atoms with Crippen LogP contribution in [0.3, 0.4) is 0 Å². The van der Waals surface area contributed by atoms with E-state index in [1.54, 1.807) is 72.1 Å². The molecule has 2 aromatic carbocycles. The SMILES string of the molecule is O=C(CNC(=O)c1cccs1)O[C@@H](C(=O)c1ccccc1)c1ccc(Cl)cc1. The van der Waals surface area contributed by atoms with Crippen LogP contribution in [0, 0.1) is 0 Å². The van der Waals surface area contributed by atoms with E-state index in [1.165, 1.54) is 11.3 Å². The molecular weight excluding hydrogens is 398 g/mol. The molecule has 1 aromatic heterocycles. The minimum Gasteiger partial charge on any atom is -0.448 e. The van der Waals surface area contributed by atoms with E-state index in [2.05, 4.69) is 5.32 Å². The summed E-state index contributed by atoms with van der Waals surface area (Å²) in [4.78, 5) is 37.6. The van der Waals surface area contributed by atoms with Crippen LogP contribution in [0.4, 0.5) is 0 Å². The zero-order valence-corrected chi connectivity index (χ0v) is 16.2. The van der Waals surface area contributed by atoms with Crippen LogP contribution in [-0.4, -0.2) is 24.2 Å². The van der Waals surface area contributed by atoms with Gasteiger partial charge < -0.3 is 10.1 Å². The average Bonchev–Trinajstić information content (AvgIpc) is 3.26. The van der Waals surface area contributed by atoms with E-state index in [1.807, 2.05) is 0 Å². The Morgan fingerprint density at radius 2 is 1.68 bits per heavy atom. The van der Waals surface area contributed by atoms with Crippen molar-refractivity contribution in [2.45, 2.75) is 6.10 Å². The number of esters is 1. The molecule has 1 heterocycles. The number of hydrogen-bond donors (Lipinski definition) is 1. The molecule has 5 nitrogen and oxygen atoms in total. The molecule has 0 spiro atoms. The van der Waals surface area contributed by atoms with Gasteiger partial charge in [-0.3, -0.25) is 14.4 Å². The first-order valence-corrected chi connectivity index (χ1v) is 9.66. The van der Waals surface area contributed by atoms with Crippen molar-refractivity contribution in [3.8, 4) is 0 Å². The number of rotatable bonds is 7. The lowest BCUT2D eigenvalue weighted by Gasteiger charge is -2.18. The van der Waals surface area contributed by atoms with E-state index in [9.17, 15) is 14.4 Å². The van der Waals surface area contributed by atoms with Crippen LogP contribution in [0.1, 0.15) is 31.7 Å². The van der Waals surface area contributed by atoms with E-state index in [-0.39, 0.29) is 18.2 Å². The number of carbonyl (C=O) groups is 3. The number of ketones is 1. The van der Waals surface area contributed by atoms with Crippen LogP contribution in [0.5, 0.6) is 0 Å². The third-order valence-electron chi connectivity index (χ3n) is 3.86. The van der Waals surface area contributed by atoms with Gasteiger partial charge in [-0.25, -0.2) is 0 Å². The van der Waals surface area contributed by atoms with Gasteiger partial charge in [-0.05, 0) is 23.6 Å². The molecule has 0 saturated heterocycles. The lowest BCUT2D eigenvalue weighted by Crippen LogP contribution is -2.32. The topological polar surface area (TPSA) is 72.5 Å². The zero-order chi connectivity index (χ0) is 19.9. The first-order chi connectivity index (χ1) is 13.5. The molecule has 0 fully saturated rings. The largest absolute Gasteiger partial charge is 0.448 e. The Bertz CT molecular complexity index is 956. The number of nitrogens with one attached hydrogen (secondary N) is 1. The summed E-state index contributed by atoms with van der Waals surface area (Å²) in [6.07, 6.45) is -1.13. The summed E-state index contributed by atoms with van der Waals surface area (Å²) in [5, 5.41) is 4.76. The van der Waals surface area contributed by atoms with Crippen LogP contribution < -0.4 is 5.32 Å². The Balaban J connectivity index is 1.73. The summed E-state index contributed by atoms with van der Waals surface area (Å²) >= 11 is 7.18. The van der Waals surface area contributed by atoms with Crippen molar-refractivity contribution in [2.75, 3.05) is 6.54 Å². The molecule has 0 aliphatic carbocycles. The quantitative estimate of drug-likeness (QED) is 0.463. The monoisotopic (exact) mass is 413 g/mol. The molecule has 0 radical (unpaired) electrons. The molecule has 1 N–H and O–H groups in total. The van der Waals surface area contributed by atoms with Gasteiger partial charge >= 0.3 is 5.97 Å². The third-order valence-corrected chi connectivity index (χ3v) is 4.98. The highest BCUT2D eigenvalue weighted by Gasteiger charge is 2.26. The number of thiophene rings is 1. The maximum Gasteiger partial charge on any atom is 0.326 e. The van der Waals surface area contributed by atoms with Crippen molar-refractivity contribution in [1.29, 1.82) is 0 Å². The average molecular weight is 414 g/mol. The fraction of sp³-hybridized carbons (Fsp3) is 0.0952. The molecule has 7 heteroatoms. The molecule has 0 unspecified atom stereocenters. The van der Waals surface area contributed by atoms with Gasteiger partial charge in [-0.1, -0.05) is 60.1 Å². The minimum absolute atomic E-state index is 0.344. The predicted octanol–water partition coefficient (Wildman–Crippen LogP) is 4.30. The number of halogens is 1. The molecular formula is C21H16ClNO4S. The Hall–Kier alpha value is -2.96. The number of benzene rings is 2. The highest BCUT2D eigenvalue weighted by molar-refractivity contribution is 7.12. The standard InChI is InChI=1S/C21H16ClNO4S/c22-16-10-8-15(9-11-16)20(19(25)14-5-2-1-3-6-14)27-18(24)13-23-21(26)17-7-4-12-28-17/h1-12,20H,13H2,(H,23,26)/t20-/m1/s1. The summed E-state index contributed by atoms with van der Waals surface area (Å²) in [5.41, 5.74) is 0.911. The second-order valence-electron chi connectivity index (χ2n) is 5.81. The number of amides is 1. The molecule has 0 aliphatic rings. The van der Waals surface area contributed by atoms with Crippen molar-refractivity contribution in [2.24, 2.45) is 0 Å². The van der Waals surface area contributed by atoms with Crippen LogP contribution >= 0.6 is 22.9 Å². The zero-order valence-electron chi connectivity index (χ0n) is 14.6. The van der Waals surface area contributed by atoms with Gasteiger partial charge in [0, 0.05) is 16.1 Å². The first-order valence-electron chi connectivity index (χ1n) is 8.40. The van der Waals surface area contributed by atoms with Crippen LogP contribution in [-0.2, 0) is 9.53 Å². The van der Waals surface area contributed by atoms with Crippen LogP contribution in [0.2, 0.25) is 5.02 Å². The molecule has 28 heavy (non-hydrogen) atoms. The van der Waals surface area contributed by atoms with Gasteiger partial charge in [0.15, 0.2) is 6.10 Å². The van der Waals surface area contributed by atoms with Gasteiger partial charge in [0.25, 0.3) is 5.91 Å². The third kappa shape index (κ3) is 5.06. The Kier molecular flexibility index (Phi) is 6.57. The van der Waals surface area contributed by atoms with E-state index in [0.29, 0.717) is 21.0 Å². The van der Waals surface area contributed by atoms with Crippen molar-refractivity contribution in [3.05, 3.63) is 93.1 Å². The molecule has 3 aromatic rings. The molecule has 142 valence electrons. The van der Waals surface area contributed by atoms with Gasteiger partial charge in [-0.2, -0.15) is 0 Å².